The summed E-state index contributed by atoms with van der Waals surface area (Å²) in [5, 5.41) is 3.19. The van der Waals surface area contributed by atoms with Crippen LogP contribution in [0.2, 0.25) is 0 Å². The summed E-state index contributed by atoms with van der Waals surface area (Å²) in [4.78, 5) is 21.8. The van der Waals surface area contributed by atoms with Gasteiger partial charge in [-0.1, -0.05) is 11.3 Å². The van der Waals surface area contributed by atoms with Crippen LogP contribution in [0.25, 0.3) is 21.9 Å². The number of thiazole rings is 1. The second kappa shape index (κ2) is 6.89. The minimum absolute atomic E-state index is 0.353. The molecule has 0 saturated heterocycles. The van der Waals surface area contributed by atoms with Crippen LogP contribution in [0.4, 0.5) is 9.52 Å². The van der Waals surface area contributed by atoms with Crippen LogP contribution in [-0.2, 0) is 0 Å². The molecule has 5 nitrogen and oxygen atoms in total. The second-order valence-electron chi connectivity index (χ2n) is 5.37. The van der Waals surface area contributed by atoms with E-state index in [0.29, 0.717) is 22.1 Å². The van der Waals surface area contributed by atoms with Crippen molar-refractivity contribution in [2.75, 3.05) is 5.32 Å². The third kappa shape index (κ3) is 3.25. The van der Waals surface area contributed by atoms with Crippen LogP contribution in [-0.4, -0.2) is 15.9 Å². The van der Waals surface area contributed by atoms with Crippen LogP contribution in [0.1, 0.15) is 10.4 Å². The molecule has 0 fully saturated rings. The molecule has 0 spiro atoms. The fourth-order valence-corrected chi connectivity index (χ4v) is 3.39. The van der Waals surface area contributed by atoms with E-state index in [4.69, 9.17) is 4.42 Å². The fourth-order valence-electron chi connectivity index (χ4n) is 2.42. The van der Waals surface area contributed by atoms with Crippen LogP contribution in [0, 0.1) is 5.82 Å². The van der Waals surface area contributed by atoms with E-state index in [0.717, 1.165) is 10.4 Å². The molecule has 1 aromatic carbocycles. The first kappa shape index (κ1) is 16.2. The third-order valence-electron chi connectivity index (χ3n) is 3.65. The van der Waals surface area contributed by atoms with Crippen molar-refractivity contribution < 1.29 is 13.6 Å². The molecular formula is C19H12FN3O2S. The minimum atomic E-state index is -0.393. The lowest BCUT2D eigenvalue weighted by molar-refractivity contribution is 0.102. The summed E-state index contributed by atoms with van der Waals surface area (Å²) in [6.07, 6.45) is 4.96. The number of carbonyl (C=O) groups excluding carboxylic acids is 1. The van der Waals surface area contributed by atoms with Gasteiger partial charge in [-0.3, -0.25) is 15.1 Å². The van der Waals surface area contributed by atoms with Gasteiger partial charge < -0.3 is 4.42 Å². The van der Waals surface area contributed by atoms with Crippen molar-refractivity contribution in [3.8, 4) is 21.9 Å². The quantitative estimate of drug-likeness (QED) is 0.561. The Morgan fingerprint density at radius 2 is 1.85 bits per heavy atom. The van der Waals surface area contributed by atoms with Crippen LogP contribution in [0.15, 0.2) is 71.6 Å². The van der Waals surface area contributed by atoms with Gasteiger partial charge in [0.25, 0.3) is 5.91 Å². The van der Waals surface area contributed by atoms with Crippen molar-refractivity contribution in [3.05, 3.63) is 78.6 Å². The highest BCUT2D eigenvalue weighted by molar-refractivity contribution is 7.19. The SMILES string of the molecule is O=C(Nc1nc(-c2ccco2)c(-c2ccncc2)s1)c1ccc(F)cc1. The lowest BCUT2D eigenvalue weighted by Gasteiger charge is -2.01. The van der Waals surface area contributed by atoms with Gasteiger partial charge in [0.05, 0.1) is 11.1 Å². The van der Waals surface area contributed by atoms with Gasteiger partial charge in [-0.25, -0.2) is 9.37 Å². The Hall–Kier alpha value is -3.32. The van der Waals surface area contributed by atoms with Gasteiger partial charge in [-0.05, 0) is 54.1 Å². The molecule has 0 unspecified atom stereocenters. The second-order valence-corrected chi connectivity index (χ2v) is 6.37. The number of hydrogen-bond acceptors (Lipinski definition) is 5. The van der Waals surface area contributed by atoms with Gasteiger partial charge in [0, 0.05) is 18.0 Å². The Morgan fingerprint density at radius 3 is 2.54 bits per heavy atom. The predicted molar refractivity (Wildman–Crippen MR) is 97.4 cm³/mol. The summed E-state index contributed by atoms with van der Waals surface area (Å²) in [5.74, 6) is -0.141. The molecule has 0 aliphatic heterocycles. The van der Waals surface area contributed by atoms with Crippen LogP contribution < -0.4 is 5.32 Å². The minimum Gasteiger partial charge on any atom is -0.463 e. The maximum Gasteiger partial charge on any atom is 0.257 e. The smallest absolute Gasteiger partial charge is 0.257 e. The van der Waals surface area contributed by atoms with Crippen LogP contribution in [0.5, 0.6) is 0 Å². The number of rotatable bonds is 4. The molecule has 0 saturated carbocycles. The molecule has 0 aliphatic carbocycles. The molecule has 1 amide bonds. The zero-order valence-electron chi connectivity index (χ0n) is 13.3. The summed E-state index contributed by atoms with van der Waals surface area (Å²) in [6, 6.07) is 12.7. The van der Waals surface area contributed by atoms with Crippen LogP contribution >= 0.6 is 11.3 Å². The Morgan fingerprint density at radius 1 is 1.08 bits per heavy atom. The first-order valence-corrected chi connectivity index (χ1v) is 8.54. The number of benzene rings is 1. The average molecular weight is 365 g/mol. The summed E-state index contributed by atoms with van der Waals surface area (Å²) >= 11 is 1.33. The monoisotopic (exact) mass is 365 g/mol. The number of furan rings is 1. The molecule has 4 aromatic rings. The van der Waals surface area contributed by atoms with Crippen molar-refractivity contribution in [2.24, 2.45) is 0 Å². The number of pyridine rings is 1. The maximum absolute atomic E-state index is 13.0. The molecule has 26 heavy (non-hydrogen) atoms. The molecule has 3 heterocycles. The molecule has 7 heteroatoms. The normalized spacial score (nSPS) is 10.7. The first-order valence-electron chi connectivity index (χ1n) is 7.73. The number of aromatic nitrogens is 2. The molecule has 0 aliphatic rings. The third-order valence-corrected chi connectivity index (χ3v) is 4.67. The molecule has 1 N–H and O–H groups in total. The van der Waals surface area contributed by atoms with Gasteiger partial charge in [0.15, 0.2) is 10.9 Å². The Labute approximate surface area is 152 Å². The number of anilines is 1. The van der Waals surface area contributed by atoms with Crippen molar-refractivity contribution >= 4 is 22.4 Å². The van der Waals surface area contributed by atoms with Crippen molar-refractivity contribution in [3.63, 3.8) is 0 Å². The lowest BCUT2D eigenvalue weighted by Crippen LogP contribution is -2.11. The molecule has 3 aromatic heterocycles. The summed E-state index contributed by atoms with van der Waals surface area (Å²) in [5.41, 5.74) is 1.92. The zero-order valence-corrected chi connectivity index (χ0v) is 14.2. The van der Waals surface area contributed by atoms with Gasteiger partial charge >= 0.3 is 0 Å². The van der Waals surface area contributed by atoms with E-state index in [1.807, 2.05) is 18.2 Å². The number of hydrogen-bond donors (Lipinski definition) is 1. The number of carbonyl (C=O) groups is 1. The largest absolute Gasteiger partial charge is 0.463 e. The molecule has 0 bridgehead atoms. The summed E-state index contributed by atoms with van der Waals surface area (Å²) in [7, 11) is 0. The number of nitrogens with zero attached hydrogens (tertiary/aromatic N) is 2. The van der Waals surface area contributed by atoms with Crippen LogP contribution in [0.3, 0.4) is 0 Å². The average Bonchev–Trinajstić information content (AvgIpc) is 3.32. The van der Waals surface area contributed by atoms with Gasteiger partial charge in [-0.2, -0.15) is 0 Å². The van der Waals surface area contributed by atoms with Gasteiger partial charge in [-0.15, -0.1) is 0 Å². The van der Waals surface area contributed by atoms with E-state index in [-0.39, 0.29) is 5.91 Å². The van der Waals surface area contributed by atoms with E-state index in [1.54, 1.807) is 24.7 Å². The number of halogens is 1. The summed E-state index contributed by atoms with van der Waals surface area (Å²) in [6.45, 7) is 0. The van der Waals surface area contributed by atoms with Crippen molar-refractivity contribution in [1.82, 2.24) is 9.97 Å². The molecule has 0 atom stereocenters. The summed E-state index contributed by atoms with van der Waals surface area (Å²) < 4.78 is 18.5. The zero-order chi connectivity index (χ0) is 17.9. The van der Waals surface area contributed by atoms with Crippen molar-refractivity contribution in [1.29, 1.82) is 0 Å². The van der Waals surface area contributed by atoms with E-state index in [9.17, 15) is 9.18 Å². The Kier molecular flexibility index (Phi) is 4.28. The Bertz CT molecular complexity index is 1030. The van der Waals surface area contributed by atoms with E-state index in [2.05, 4.69) is 15.3 Å². The van der Waals surface area contributed by atoms with E-state index < -0.39 is 5.82 Å². The molecule has 0 radical (unpaired) electrons. The molecule has 128 valence electrons. The van der Waals surface area contributed by atoms with E-state index in [1.165, 1.54) is 35.6 Å². The highest BCUT2D eigenvalue weighted by atomic mass is 32.1. The highest BCUT2D eigenvalue weighted by Gasteiger charge is 2.18. The molecule has 4 rings (SSSR count). The van der Waals surface area contributed by atoms with Gasteiger partial charge in [0.1, 0.15) is 11.5 Å². The Balaban J connectivity index is 1.69. The van der Waals surface area contributed by atoms with Crippen molar-refractivity contribution in [2.45, 2.75) is 0 Å². The maximum atomic E-state index is 13.0. The number of nitrogens with one attached hydrogen (secondary N) is 1. The lowest BCUT2D eigenvalue weighted by atomic mass is 10.2. The number of amides is 1. The topological polar surface area (TPSA) is 68.0 Å². The highest BCUT2D eigenvalue weighted by Crippen LogP contribution is 2.39. The fraction of sp³-hybridized carbons (Fsp3) is 0. The van der Waals surface area contributed by atoms with Gasteiger partial charge in [0.2, 0.25) is 0 Å². The molecular weight excluding hydrogens is 353 g/mol. The standard InChI is InChI=1S/C19H12FN3O2S/c20-14-5-3-13(4-6-14)18(24)23-19-22-16(15-2-1-11-25-15)17(26-19)12-7-9-21-10-8-12/h1-11H,(H,22,23,24). The predicted octanol–water partition coefficient (Wildman–Crippen LogP) is 4.86. The first-order chi connectivity index (χ1) is 12.7. The van der Waals surface area contributed by atoms with E-state index >= 15 is 0 Å².